The second-order valence-electron chi connectivity index (χ2n) is 4.82. The predicted octanol–water partition coefficient (Wildman–Crippen LogP) is 3.46. The van der Waals surface area contributed by atoms with E-state index in [0.29, 0.717) is 17.9 Å². The number of benzene rings is 2. The first-order chi connectivity index (χ1) is 10.5. The quantitative estimate of drug-likeness (QED) is 0.561. The Morgan fingerprint density at radius 3 is 2.09 bits per heavy atom. The van der Waals surface area contributed by atoms with E-state index < -0.39 is 12.0 Å². The summed E-state index contributed by atoms with van der Waals surface area (Å²) in [4.78, 5) is 11.2. The largest absolute Gasteiger partial charge is 0.508 e. The van der Waals surface area contributed by atoms with Gasteiger partial charge in [0.2, 0.25) is 0 Å². The summed E-state index contributed by atoms with van der Waals surface area (Å²) in [6, 6.07) is 13.2. The van der Waals surface area contributed by atoms with E-state index in [1.165, 1.54) is 0 Å². The highest BCUT2D eigenvalue weighted by Gasteiger charge is 2.21. The average molecular weight is 413 g/mol. The number of carboxylic acid groups (broad SMARTS) is 1. The van der Waals surface area contributed by atoms with Crippen LogP contribution in [-0.2, 0) is 11.2 Å². The Balaban J connectivity index is 2.03. The van der Waals surface area contributed by atoms with Gasteiger partial charge in [0, 0.05) is 22.9 Å². The summed E-state index contributed by atoms with van der Waals surface area (Å²) in [5.74, 6) is 0.622. The van der Waals surface area contributed by atoms with Gasteiger partial charge in [-0.25, -0.2) is 3.11 Å². The highest BCUT2D eigenvalue weighted by atomic mass is 127. The molecule has 22 heavy (non-hydrogen) atoms. The fourth-order valence-corrected chi connectivity index (χ4v) is 2.37. The van der Waals surface area contributed by atoms with Gasteiger partial charge in [-0.15, -0.1) is 0 Å². The third kappa shape index (κ3) is 4.60. The summed E-state index contributed by atoms with van der Waals surface area (Å²) in [5.41, 5.74) is 0.925. The summed E-state index contributed by atoms with van der Waals surface area (Å²) in [7, 11) is 1.74. The van der Waals surface area contributed by atoms with Crippen LogP contribution < -0.4 is 4.74 Å². The first-order valence-corrected chi connectivity index (χ1v) is 7.59. The number of rotatable bonds is 6. The van der Waals surface area contributed by atoms with Gasteiger partial charge >= 0.3 is 5.97 Å². The number of hydrogen-bond acceptors (Lipinski definition) is 4. The van der Waals surface area contributed by atoms with Crippen molar-refractivity contribution in [3.63, 3.8) is 0 Å². The number of aliphatic carboxylic acids is 1. The van der Waals surface area contributed by atoms with Crippen LogP contribution >= 0.6 is 22.9 Å². The molecule has 0 heterocycles. The second kappa shape index (κ2) is 7.46. The third-order valence-corrected chi connectivity index (χ3v) is 3.81. The molecule has 0 aliphatic rings. The lowest BCUT2D eigenvalue weighted by molar-refractivity contribution is -0.140. The van der Waals surface area contributed by atoms with E-state index in [0.717, 1.165) is 5.56 Å². The fraction of sp³-hybridized carbons (Fsp3) is 0.188. The second-order valence-corrected chi connectivity index (χ2v) is 6.34. The van der Waals surface area contributed by atoms with Crippen LogP contribution in [0.1, 0.15) is 5.56 Å². The van der Waals surface area contributed by atoms with Crippen LogP contribution in [-0.4, -0.2) is 32.4 Å². The van der Waals surface area contributed by atoms with Gasteiger partial charge in [0.25, 0.3) is 0 Å². The van der Waals surface area contributed by atoms with Gasteiger partial charge in [-0.05, 0) is 55.4 Å². The van der Waals surface area contributed by atoms with Gasteiger partial charge in [-0.3, -0.25) is 4.79 Å². The number of nitrogens with zero attached hydrogens (tertiary/aromatic N) is 1. The molecule has 0 bridgehead atoms. The molecule has 2 N–H and O–H groups in total. The topological polar surface area (TPSA) is 70.0 Å². The summed E-state index contributed by atoms with van der Waals surface area (Å²) in [6.45, 7) is 0. The van der Waals surface area contributed by atoms with Crippen LogP contribution in [0.5, 0.6) is 17.2 Å². The van der Waals surface area contributed by atoms with Gasteiger partial charge in [0.15, 0.2) is 0 Å². The van der Waals surface area contributed by atoms with Crippen LogP contribution in [0.15, 0.2) is 48.5 Å². The zero-order valence-corrected chi connectivity index (χ0v) is 14.1. The highest BCUT2D eigenvalue weighted by molar-refractivity contribution is 14.1. The molecule has 0 aliphatic heterocycles. The number of phenols is 1. The van der Waals surface area contributed by atoms with Gasteiger partial charge in [0.1, 0.15) is 23.3 Å². The monoisotopic (exact) mass is 413 g/mol. The Bertz CT molecular complexity index is 626. The normalized spacial score (nSPS) is 12.1. The Morgan fingerprint density at radius 2 is 1.64 bits per heavy atom. The Hall–Kier alpha value is -1.80. The van der Waals surface area contributed by atoms with E-state index in [1.54, 1.807) is 46.6 Å². The number of aromatic hydroxyl groups is 1. The van der Waals surface area contributed by atoms with Crippen LogP contribution in [0.2, 0.25) is 0 Å². The molecule has 0 aromatic heterocycles. The number of halogens is 1. The molecule has 116 valence electrons. The first kappa shape index (κ1) is 16.6. The van der Waals surface area contributed by atoms with Crippen molar-refractivity contribution in [2.75, 3.05) is 7.05 Å². The zero-order valence-electron chi connectivity index (χ0n) is 11.9. The van der Waals surface area contributed by atoms with Crippen LogP contribution in [0.4, 0.5) is 0 Å². The third-order valence-electron chi connectivity index (χ3n) is 3.14. The molecule has 2 rings (SSSR count). The Morgan fingerprint density at radius 1 is 1.14 bits per heavy atom. The smallest absolute Gasteiger partial charge is 0.322 e. The molecule has 0 saturated heterocycles. The van der Waals surface area contributed by atoms with Crippen molar-refractivity contribution >= 4 is 28.8 Å². The zero-order chi connectivity index (χ0) is 16.1. The number of phenolic OH excluding ortho intramolecular Hbond substituents is 1. The molecular weight excluding hydrogens is 397 g/mol. The van der Waals surface area contributed by atoms with Crippen LogP contribution in [0, 0.1) is 0 Å². The summed E-state index contributed by atoms with van der Waals surface area (Å²) in [6.07, 6.45) is 0.425. The van der Waals surface area contributed by atoms with Crippen molar-refractivity contribution in [3.05, 3.63) is 54.1 Å². The number of likely N-dealkylation sites (N-methyl/N-ethyl adjacent to an activating group) is 1. The standard InChI is InChI=1S/C16H16INO4/c1-18(17)15(16(20)21)10-11-2-6-13(7-3-11)22-14-8-4-12(19)5-9-14/h2-9,15,19H,10H2,1H3,(H,20,21)/t15-/m0/s1. The van der Waals surface area contributed by atoms with E-state index in [-0.39, 0.29) is 5.75 Å². The number of carbonyl (C=O) groups is 1. The number of ether oxygens (including phenoxy) is 1. The van der Waals surface area contributed by atoms with Gasteiger partial charge < -0.3 is 14.9 Å². The molecule has 0 unspecified atom stereocenters. The summed E-state index contributed by atoms with van der Waals surface area (Å²) in [5, 5.41) is 18.4. The van der Waals surface area contributed by atoms with Gasteiger partial charge in [-0.1, -0.05) is 12.1 Å². The molecular formula is C16H16INO4. The minimum absolute atomic E-state index is 0.185. The molecule has 0 radical (unpaired) electrons. The molecule has 2 aromatic carbocycles. The number of hydrogen-bond donors (Lipinski definition) is 2. The van der Waals surface area contributed by atoms with E-state index in [4.69, 9.17) is 4.74 Å². The van der Waals surface area contributed by atoms with Crippen LogP contribution in [0.3, 0.4) is 0 Å². The maximum absolute atomic E-state index is 11.2. The summed E-state index contributed by atoms with van der Waals surface area (Å²) < 4.78 is 7.30. The summed E-state index contributed by atoms with van der Waals surface area (Å²) >= 11 is 1.98. The maximum Gasteiger partial charge on any atom is 0.322 e. The van der Waals surface area contributed by atoms with Gasteiger partial charge in [-0.2, -0.15) is 0 Å². The minimum atomic E-state index is -0.846. The lowest BCUT2D eigenvalue weighted by Crippen LogP contribution is -2.33. The molecule has 2 aromatic rings. The molecule has 0 aliphatic carbocycles. The maximum atomic E-state index is 11.2. The molecule has 1 atom stereocenters. The lowest BCUT2D eigenvalue weighted by atomic mass is 10.1. The predicted molar refractivity (Wildman–Crippen MR) is 91.5 cm³/mol. The van der Waals surface area contributed by atoms with Crippen molar-refractivity contribution in [1.29, 1.82) is 0 Å². The van der Waals surface area contributed by atoms with Crippen LogP contribution in [0.25, 0.3) is 0 Å². The molecule has 0 amide bonds. The van der Waals surface area contributed by atoms with E-state index in [9.17, 15) is 15.0 Å². The van der Waals surface area contributed by atoms with E-state index in [1.807, 2.05) is 35.0 Å². The van der Waals surface area contributed by atoms with Gasteiger partial charge in [0.05, 0.1) is 0 Å². The minimum Gasteiger partial charge on any atom is -0.508 e. The van der Waals surface area contributed by atoms with E-state index >= 15 is 0 Å². The Labute approximate surface area is 142 Å². The SMILES string of the molecule is CN(I)[C@@H](Cc1ccc(Oc2ccc(O)cc2)cc1)C(=O)O. The molecule has 0 saturated carbocycles. The molecule has 0 fully saturated rings. The molecule has 0 spiro atoms. The number of carboxylic acids is 1. The van der Waals surface area contributed by atoms with Crippen molar-refractivity contribution in [3.8, 4) is 17.2 Å². The Kier molecular flexibility index (Phi) is 5.62. The lowest BCUT2D eigenvalue weighted by Gasteiger charge is -2.18. The average Bonchev–Trinajstić information content (AvgIpc) is 2.48. The van der Waals surface area contributed by atoms with Crippen molar-refractivity contribution in [2.24, 2.45) is 0 Å². The molecule has 6 heteroatoms. The highest BCUT2D eigenvalue weighted by Crippen LogP contribution is 2.24. The van der Waals surface area contributed by atoms with Crippen molar-refractivity contribution < 1.29 is 19.7 Å². The first-order valence-electron chi connectivity index (χ1n) is 6.63. The van der Waals surface area contributed by atoms with E-state index in [2.05, 4.69) is 0 Å². The van der Waals surface area contributed by atoms with Crippen molar-refractivity contribution in [1.82, 2.24) is 3.11 Å². The fourth-order valence-electron chi connectivity index (χ4n) is 1.93. The van der Waals surface area contributed by atoms with Crippen molar-refractivity contribution in [2.45, 2.75) is 12.5 Å². The molecule has 5 nitrogen and oxygen atoms in total.